The number of halogens is 3. The number of carbonyl (C=O) groups is 1. The van der Waals surface area contributed by atoms with E-state index in [2.05, 4.69) is 10.1 Å². The number of nitrogens with two attached hydrogens (primary N) is 1. The van der Waals surface area contributed by atoms with Crippen molar-refractivity contribution in [2.75, 3.05) is 0 Å². The molecule has 2 aromatic rings. The van der Waals surface area contributed by atoms with Gasteiger partial charge in [-0.25, -0.2) is 0 Å². The van der Waals surface area contributed by atoms with Gasteiger partial charge < -0.3 is 20.2 Å². The highest BCUT2D eigenvalue weighted by atomic mass is 35.5. The minimum Gasteiger partial charge on any atom is -0.467 e. The van der Waals surface area contributed by atoms with Crippen molar-refractivity contribution >= 4 is 18.3 Å². The van der Waals surface area contributed by atoms with E-state index < -0.39 is 6.61 Å². The largest absolute Gasteiger partial charge is 0.467 e. The Kier molecular flexibility index (Phi) is 6.99. The highest BCUT2D eigenvalue weighted by Gasteiger charge is 2.15. The van der Waals surface area contributed by atoms with Crippen LogP contribution in [0.25, 0.3) is 0 Å². The number of hydrogen-bond donors (Lipinski definition) is 2. The third-order valence-electron chi connectivity index (χ3n) is 3.05. The number of hydrogen-bond acceptors (Lipinski definition) is 4. The highest BCUT2D eigenvalue weighted by Crippen LogP contribution is 2.21. The van der Waals surface area contributed by atoms with Gasteiger partial charge in [-0.2, -0.15) is 8.78 Å². The van der Waals surface area contributed by atoms with Gasteiger partial charge in [0, 0.05) is 0 Å². The second kappa shape index (κ2) is 8.50. The van der Waals surface area contributed by atoms with Crippen molar-refractivity contribution in [1.82, 2.24) is 5.32 Å². The van der Waals surface area contributed by atoms with Crippen molar-refractivity contribution in [2.45, 2.75) is 26.1 Å². The number of ether oxygens (including phenoxy) is 1. The van der Waals surface area contributed by atoms with Gasteiger partial charge in [0.05, 0.1) is 18.2 Å². The summed E-state index contributed by atoms with van der Waals surface area (Å²) in [5.74, 6) is 0.212. The molecular formula is C15H17ClF2N2O3. The molecule has 1 unspecified atom stereocenters. The molecule has 0 aliphatic heterocycles. The lowest BCUT2D eigenvalue weighted by molar-refractivity contribution is -0.0499. The highest BCUT2D eigenvalue weighted by molar-refractivity contribution is 5.94. The summed E-state index contributed by atoms with van der Waals surface area (Å²) in [7, 11) is 0. The lowest BCUT2D eigenvalue weighted by Crippen LogP contribution is -2.26. The van der Waals surface area contributed by atoms with E-state index in [0.717, 1.165) is 0 Å². The van der Waals surface area contributed by atoms with Crippen LogP contribution in [0.15, 0.2) is 41.0 Å². The summed E-state index contributed by atoms with van der Waals surface area (Å²) in [5, 5.41) is 2.75. The molecule has 8 heteroatoms. The van der Waals surface area contributed by atoms with E-state index in [1.807, 2.05) is 0 Å². The Bertz CT molecular complexity index is 649. The van der Waals surface area contributed by atoms with Gasteiger partial charge >= 0.3 is 6.61 Å². The van der Waals surface area contributed by atoms with Crippen molar-refractivity contribution in [1.29, 1.82) is 0 Å². The summed E-state index contributed by atoms with van der Waals surface area (Å²) in [6, 6.07) is 7.35. The number of alkyl halides is 2. The Morgan fingerprint density at radius 3 is 2.74 bits per heavy atom. The van der Waals surface area contributed by atoms with Crippen LogP contribution in [0.4, 0.5) is 8.78 Å². The Balaban J connectivity index is 0.00000264. The van der Waals surface area contributed by atoms with Crippen LogP contribution in [-0.2, 0) is 6.54 Å². The summed E-state index contributed by atoms with van der Waals surface area (Å²) in [6.45, 7) is -0.945. The van der Waals surface area contributed by atoms with Crippen molar-refractivity contribution in [2.24, 2.45) is 5.73 Å². The smallest absolute Gasteiger partial charge is 0.387 e. The van der Waals surface area contributed by atoms with E-state index in [1.54, 1.807) is 25.1 Å². The summed E-state index contributed by atoms with van der Waals surface area (Å²) >= 11 is 0. The molecule has 23 heavy (non-hydrogen) atoms. The average molecular weight is 347 g/mol. The topological polar surface area (TPSA) is 77.5 Å². The zero-order chi connectivity index (χ0) is 16.1. The molecule has 3 N–H and O–H groups in total. The molecule has 2 rings (SSSR count). The molecule has 1 aromatic carbocycles. The van der Waals surface area contributed by atoms with Crippen LogP contribution in [-0.4, -0.2) is 12.5 Å². The zero-order valence-corrected chi connectivity index (χ0v) is 13.1. The van der Waals surface area contributed by atoms with Gasteiger partial charge in [-0.05, 0) is 30.7 Å². The Labute approximate surface area is 138 Å². The van der Waals surface area contributed by atoms with Gasteiger partial charge in [-0.1, -0.05) is 12.1 Å². The first kappa shape index (κ1) is 18.9. The SMILES string of the molecule is CC(NC(=O)c1coc(CN)c1)c1cccc(OC(F)F)c1.Cl. The average Bonchev–Trinajstić information content (AvgIpc) is 2.95. The third kappa shape index (κ3) is 5.22. The molecule has 5 nitrogen and oxygen atoms in total. The molecule has 0 aliphatic carbocycles. The van der Waals surface area contributed by atoms with Crippen LogP contribution >= 0.6 is 12.4 Å². The molecule has 0 saturated carbocycles. The standard InChI is InChI=1S/C15H16F2N2O3.ClH/c1-9(10-3-2-4-12(5-10)22-15(16)17)19-14(20)11-6-13(7-18)21-8-11;/h2-6,8-9,15H,7,18H2,1H3,(H,19,20);1H. The molecule has 0 bridgehead atoms. The number of rotatable bonds is 6. The third-order valence-corrected chi connectivity index (χ3v) is 3.05. The minimum absolute atomic E-state index is 0. The van der Waals surface area contributed by atoms with Gasteiger partial charge in [-0.15, -0.1) is 12.4 Å². The number of furan rings is 1. The lowest BCUT2D eigenvalue weighted by Gasteiger charge is -2.15. The summed E-state index contributed by atoms with van der Waals surface area (Å²) in [4.78, 5) is 12.1. The quantitative estimate of drug-likeness (QED) is 0.841. The molecule has 1 heterocycles. The monoisotopic (exact) mass is 346 g/mol. The first-order chi connectivity index (χ1) is 10.5. The number of nitrogens with one attached hydrogen (secondary N) is 1. The maximum absolute atomic E-state index is 12.2. The van der Waals surface area contributed by atoms with Gasteiger partial charge in [0.25, 0.3) is 5.91 Å². The van der Waals surface area contributed by atoms with Crippen LogP contribution in [0.3, 0.4) is 0 Å². The van der Waals surface area contributed by atoms with E-state index >= 15 is 0 Å². The molecule has 0 radical (unpaired) electrons. The van der Waals surface area contributed by atoms with Crippen LogP contribution < -0.4 is 15.8 Å². The summed E-state index contributed by atoms with van der Waals surface area (Å²) < 4.78 is 33.8. The fourth-order valence-corrected chi connectivity index (χ4v) is 1.93. The first-order valence-corrected chi connectivity index (χ1v) is 6.62. The van der Waals surface area contributed by atoms with Crippen molar-refractivity contribution in [3.8, 4) is 5.75 Å². The molecule has 1 amide bonds. The predicted octanol–water partition coefficient (Wildman–Crippen LogP) is 3.25. The van der Waals surface area contributed by atoms with E-state index in [-0.39, 0.29) is 36.7 Å². The van der Waals surface area contributed by atoms with Crippen molar-refractivity contribution < 1.29 is 22.7 Å². The lowest BCUT2D eigenvalue weighted by atomic mass is 10.1. The Morgan fingerprint density at radius 2 is 2.13 bits per heavy atom. The van der Waals surface area contributed by atoms with E-state index in [9.17, 15) is 13.6 Å². The van der Waals surface area contributed by atoms with Gasteiger partial charge in [-0.3, -0.25) is 4.79 Å². The fourth-order valence-electron chi connectivity index (χ4n) is 1.93. The van der Waals surface area contributed by atoms with Crippen LogP contribution in [0.2, 0.25) is 0 Å². The predicted molar refractivity (Wildman–Crippen MR) is 82.8 cm³/mol. The Hall–Kier alpha value is -2.12. The normalized spacial score (nSPS) is 11.7. The maximum atomic E-state index is 12.2. The number of benzene rings is 1. The fraction of sp³-hybridized carbons (Fsp3) is 0.267. The maximum Gasteiger partial charge on any atom is 0.387 e. The van der Waals surface area contributed by atoms with E-state index in [1.165, 1.54) is 18.4 Å². The molecule has 1 aromatic heterocycles. The minimum atomic E-state index is -2.89. The summed E-state index contributed by atoms with van der Waals surface area (Å²) in [5.41, 5.74) is 6.41. The molecule has 1 atom stereocenters. The molecular weight excluding hydrogens is 330 g/mol. The molecule has 0 aliphatic rings. The molecule has 126 valence electrons. The molecule has 0 fully saturated rings. The van der Waals surface area contributed by atoms with Crippen molar-refractivity contribution in [3.05, 3.63) is 53.5 Å². The second-order valence-corrected chi connectivity index (χ2v) is 4.65. The van der Waals surface area contributed by atoms with Crippen LogP contribution in [0.5, 0.6) is 5.75 Å². The first-order valence-electron chi connectivity index (χ1n) is 6.62. The van der Waals surface area contributed by atoms with Crippen LogP contribution in [0, 0.1) is 0 Å². The van der Waals surface area contributed by atoms with Crippen LogP contribution in [0.1, 0.15) is 34.6 Å². The van der Waals surface area contributed by atoms with E-state index in [0.29, 0.717) is 16.9 Å². The van der Waals surface area contributed by atoms with E-state index in [4.69, 9.17) is 10.2 Å². The van der Waals surface area contributed by atoms with Gasteiger partial charge in [0.2, 0.25) is 0 Å². The molecule has 0 saturated heterocycles. The number of carbonyl (C=O) groups excluding carboxylic acids is 1. The zero-order valence-electron chi connectivity index (χ0n) is 12.3. The number of amides is 1. The van der Waals surface area contributed by atoms with Gasteiger partial charge in [0.1, 0.15) is 17.8 Å². The summed E-state index contributed by atoms with van der Waals surface area (Å²) in [6.07, 6.45) is 1.32. The van der Waals surface area contributed by atoms with Crippen molar-refractivity contribution in [3.63, 3.8) is 0 Å². The van der Waals surface area contributed by atoms with Gasteiger partial charge in [0.15, 0.2) is 0 Å². The second-order valence-electron chi connectivity index (χ2n) is 4.65. The molecule has 0 spiro atoms. The Morgan fingerprint density at radius 1 is 1.39 bits per heavy atom.